The topological polar surface area (TPSA) is 83.5 Å². The van der Waals surface area contributed by atoms with E-state index in [0.29, 0.717) is 25.7 Å². The molecule has 0 radical (unpaired) electrons. The quantitative estimate of drug-likeness (QED) is 0.122. The van der Waals surface area contributed by atoms with Gasteiger partial charge >= 0.3 is 5.97 Å². The fourth-order valence-electron chi connectivity index (χ4n) is 9.72. The van der Waals surface area contributed by atoms with Crippen molar-refractivity contribution < 1.29 is 33.0 Å². The second kappa shape index (κ2) is 21.0. The second-order valence-corrected chi connectivity index (χ2v) is 27.9. The molecule has 0 aromatic heterocycles. The van der Waals surface area contributed by atoms with Crippen LogP contribution in [0.3, 0.4) is 0 Å². The van der Waals surface area contributed by atoms with Gasteiger partial charge in [-0.05, 0) is 78.3 Å². The van der Waals surface area contributed by atoms with Crippen molar-refractivity contribution in [1.29, 1.82) is 0 Å². The van der Waals surface area contributed by atoms with Crippen molar-refractivity contribution in [2.45, 2.75) is 181 Å². The number of aliphatic hydroxyl groups is 1. The summed E-state index contributed by atoms with van der Waals surface area (Å²) in [6, 6.07) is 24.3. The Morgan fingerprint density at radius 1 is 0.915 bits per heavy atom. The standard InChI is InChI=1S/C50H78O7Si2/c1-14-18-21-26-40-32-31-37(5)47(57-58(15-2,16-3)17-4)49(11,12)46(52)39(7)33-38(6)44-34-41(35-50(53-13,55-44)36-45(51)54-40)56-59(48(8,9)10,42-27-22-19-23-28-42)43-29-24-20-25-30-43/h14,18-20,22-25,27-31,33,39-41,44,46-47,52H,15-17,21,26,32,34-36H2,1-13H3/b18-14+,37-31+,38-33+/t39-,40+,41-,44-,46-,47+,50+/m0/s1. The Balaban J connectivity index is 1.88. The highest BCUT2D eigenvalue weighted by molar-refractivity contribution is 6.99. The van der Waals surface area contributed by atoms with Crippen LogP contribution >= 0.6 is 0 Å². The molecule has 0 spiro atoms. The first kappa shape index (κ1) is 49.0. The molecule has 2 aliphatic rings. The Morgan fingerprint density at radius 2 is 1.49 bits per heavy atom. The molecule has 1 fully saturated rings. The molecule has 2 heterocycles. The minimum Gasteiger partial charge on any atom is -0.462 e. The van der Waals surface area contributed by atoms with E-state index in [1.165, 1.54) is 10.4 Å². The molecule has 2 bridgehead atoms. The summed E-state index contributed by atoms with van der Waals surface area (Å²) in [6.07, 6.45) is 9.19. The van der Waals surface area contributed by atoms with Crippen LogP contribution in [-0.2, 0) is 27.9 Å². The Hall–Kier alpha value is -2.64. The van der Waals surface area contributed by atoms with E-state index in [1.807, 2.05) is 13.0 Å². The number of fused-ring (bicyclic) bond motifs is 2. The highest BCUT2D eigenvalue weighted by Gasteiger charge is 2.55. The van der Waals surface area contributed by atoms with Crippen molar-refractivity contribution in [2.75, 3.05) is 7.11 Å². The van der Waals surface area contributed by atoms with Crippen LogP contribution < -0.4 is 10.4 Å². The molecule has 4 rings (SSSR count). The molecule has 7 atom stereocenters. The minimum absolute atomic E-state index is 0.0781. The molecule has 7 nitrogen and oxygen atoms in total. The molecule has 328 valence electrons. The summed E-state index contributed by atoms with van der Waals surface area (Å²) in [6.45, 7) is 26.2. The third kappa shape index (κ3) is 11.4. The van der Waals surface area contributed by atoms with Crippen LogP contribution in [0.4, 0.5) is 0 Å². The molecule has 1 saturated heterocycles. The van der Waals surface area contributed by atoms with Crippen molar-refractivity contribution in [3.8, 4) is 0 Å². The number of allylic oxidation sites excluding steroid dienone is 2. The third-order valence-corrected chi connectivity index (χ3v) is 23.2. The predicted molar refractivity (Wildman–Crippen MR) is 248 cm³/mol. The van der Waals surface area contributed by atoms with Crippen molar-refractivity contribution in [3.05, 3.63) is 96.1 Å². The maximum absolute atomic E-state index is 14.3. The lowest BCUT2D eigenvalue weighted by Gasteiger charge is -2.50. The van der Waals surface area contributed by atoms with Gasteiger partial charge in [0.15, 0.2) is 14.1 Å². The molecular formula is C50H78O7Si2. The van der Waals surface area contributed by atoms with Crippen LogP contribution in [0.2, 0.25) is 23.2 Å². The maximum atomic E-state index is 14.3. The first-order valence-electron chi connectivity index (χ1n) is 22.4. The maximum Gasteiger partial charge on any atom is 0.311 e. The third-order valence-electron chi connectivity index (χ3n) is 13.5. The summed E-state index contributed by atoms with van der Waals surface area (Å²) in [4.78, 5) is 14.3. The number of carbonyl (C=O) groups excluding carboxylic acids is 1. The number of cyclic esters (lactones) is 1. The van der Waals surface area contributed by atoms with E-state index in [4.69, 9.17) is 23.1 Å². The Morgan fingerprint density at radius 3 is 2.00 bits per heavy atom. The molecule has 2 aromatic carbocycles. The Labute approximate surface area is 360 Å². The predicted octanol–water partition coefficient (Wildman–Crippen LogP) is 10.8. The summed E-state index contributed by atoms with van der Waals surface area (Å²) in [5, 5.41) is 14.6. The van der Waals surface area contributed by atoms with E-state index < -0.39 is 40.0 Å². The molecular weight excluding hydrogens is 769 g/mol. The molecule has 9 heteroatoms. The van der Waals surface area contributed by atoms with Gasteiger partial charge in [0.2, 0.25) is 0 Å². The number of methoxy groups -OCH3 is 1. The molecule has 0 saturated carbocycles. The first-order chi connectivity index (χ1) is 27.9. The Kier molecular flexibility index (Phi) is 17.4. The van der Waals surface area contributed by atoms with Crippen LogP contribution in [0.1, 0.15) is 122 Å². The average Bonchev–Trinajstić information content (AvgIpc) is 3.21. The monoisotopic (exact) mass is 847 g/mol. The lowest BCUT2D eigenvalue weighted by atomic mass is 9.73. The number of ether oxygens (including phenoxy) is 3. The van der Waals surface area contributed by atoms with Gasteiger partial charge in [0.1, 0.15) is 6.10 Å². The van der Waals surface area contributed by atoms with Gasteiger partial charge < -0.3 is 28.2 Å². The van der Waals surface area contributed by atoms with E-state index in [1.54, 1.807) is 7.11 Å². The first-order valence-corrected chi connectivity index (χ1v) is 26.8. The van der Waals surface area contributed by atoms with Crippen molar-refractivity contribution >= 4 is 33.0 Å². The molecule has 1 N–H and O–H groups in total. The largest absolute Gasteiger partial charge is 0.462 e. The van der Waals surface area contributed by atoms with Gasteiger partial charge in [-0.3, -0.25) is 4.79 Å². The molecule has 2 aliphatic heterocycles. The molecule has 2 aromatic rings. The van der Waals surface area contributed by atoms with Crippen molar-refractivity contribution in [2.24, 2.45) is 11.3 Å². The normalized spacial score (nSPS) is 29.6. The zero-order chi connectivity index (χ0) is 43.6. The summed E-state index contributed by atoms with van der Waals surface area (Å²) >= 11 is 0. The second-order valence-electron chi connectivity index (χ2n) is 19.0. The molecule has 0 unspecified atom stereocenters. The van der Waals surface area contributed by atoms with Gasteiger partial charge in [0, 0.05) is 37.7 Å². The van der Waals surface area contributed by atoms with Crippen molar-refractivity contribution in [1.82, 2.24) is 0 Å². The van der Waals surface area contributed by atoms with Gasteiger partial charge in [-0.15, -0.1) is 0 Å². The number of rotatable bonds is 13. The number of aliphatic hydroxyl groups excluding tert-OH is 1. The van der Waals surface area contributed by atoms with Crippen LogP contribution in [-0.4, -0.2) is 71.1 Å². The summed E-state index contributed by atoms with van der Waals surface area (Å²) in [5.74, 6) is -1.88. The van der Waals surface area contributed by atoms with Crippen LogP contribution in [0.25, 0.3) is 0 Å². The van der Waals surface area contributed by atoms with Crippen LogP contribution in [0, 0.1) is 11.3 Å². The number of hydrogen-bond acceptors (Lipinski definition) is 7. The zero-order valence-electron chi connectivity index (χ0n) is 38.8. The number of benzene rings is 2. The van der Waals surface area contributed by atoms with Gasteiger partial charge in [-0.25, -0.2) is 0 Å². The zero-order valence-corrected chi connectivity index (χ0v) is 40.8. The van der Waals surface area contributed by atoms with E-state index in [9.17, 15) is 9.90 Å². The highest BCUT2D eigenvalue weighted by atomic mass is 28.4. The highest BCUT2D eigenvalue weighted by Crippen LogP contribution is 2.44. The van der Waals surface area contributed by atoms with Crippen LogP contribution in [0.5, 0.6) is 0 Å². The smallest absolute Gasteiger partial charge is 0.311 e. The fraction of sp³-hybridized carbons (Fsp3) is 0.620. The number of esters is 1. The van der Waals surface area contributed by atoms with Gasteiger partial charge in [0.25, 0.3) is 8.32 Å². The fourth-order valence-corrected chi connectivity index (χ4v) is 17.4. The van der Waals surface area contributed by atoms with E-state index in [-0.39, 0.29) is 41.7 Å². The van der Waals surface area contributed by atoms with E-state index in [0.717, 1.165) is 35.7 Å². The molecule has 0 amide bonds. The van der Waals surface area contributed by atoms with Gasteiger partial charge in [-0.2, -0.15) is 0 Å². The Bertz CT molecular complexity index is 1660. The lowest BCUT2D eigenvalue weighted by molar-refractivity contribution is -0.279. The average molecular weight is 847 g/mol. The van der Waals surface area contributed by atoms with Crippen molar-refractivity contribution in [3.63, 3.8) is 0 Å². The molecule has 0 aliphatic carbocycles. The summed E-state index contributed by atoms with van der Waals surface area (Å²) < 4.78 is 34.8. The van der Waals surface area contributed by atoms with Crippen LogP contribution in [0.15, 0.2) is 96.1 Å². The minimum atomic E-state index is -2.99. The molecule has 59 heavy (non-hydrogen) atoms. The number of carbonyl (C=O) groups is 1. The SMILES string of the molecule is C/C=C/CC[C@@H]1C/C=C(\C)[C@@H](O[Si](CC)(CC)CC)C(C)(C)[C@@H](O)[C@@H](C)/C=C(\C)[C@@H]2C[C@H](O[Si](c3ccccc3)(c3ccccc3)C(C)(C)C)C[C@](OC)(CC(=O)O1)O2. The lowest BCUT2D eigenvalue weighted by Crippen LogP contribution is -2.68. The number of hydrogen-bond donors (Lipinski definition) is 1. The van der Waals surface area contributed by atoms with Gasteiger partial charge in [0.05, 0.1) is 30.8 Å². The van der Waals surface area contributed by atoms with Gasteiger partial charge in [-0.1, -0.05) is 147 Å². The summed E-state index contributed by atoms with van der Waals surface area (Å²) in [7, 11) is -3.47. The van der Waals surface area contributed by atoms with E-state index in [2.05, 4.69) is 155 Å². The van der Waals surface area contributed by atoms with E-state index >= 15 is 0 Å². The summed E-state index contributed by atoms with van der Waals surface area (Å²) in [5.41, 5.74) is 1.41.